The summed E-state index contributed by atoms with van der Waals surface area (Å²) < 4.78 is 0. The standard InChI is InChI=1S/C7H12N2O2/c1-3-5(2)9-4-6(10)8-7(9)11/h5H,3-4H2,1-2H3,(H,8,10,11)/t5-/m0/s1. The number of amides is 3. The molecule has 11 heavy (non-hydrogen) atoms. The molecule has 1 rings (SSSR count). The van der Waals surface area contributed by atoms with Crippen LogP contribution in [0.3, 0.4) is 0 Å². The number of rotatable bonds is 2. The van der Waals surface area contributed by atoms with Crippen molar-refractivity contribution >= 4 is 11.9 Å². The summed E-state index contributed by atoms with van der Waals surface area (Å²) in [7, 11) is 0. The van der Waals surface area contributed by atoms with Gasteiger partial charge in [0.25, 0.3) is 0 Å². The molecule has 1 heterocycles. The van der Waals surface area contributed by atoms with E-state index in [4.69, 9.17) is 0 Å². The van der Waals surface area contributed by atoms with Crippen LogP contribution < -0.4 is 5.32 Å². The number of urea groups is 1. The molecule has 0 aromatic rings. The van der Waals surface area contributed by atoms with Crippen LogP contribution >= 0.6 is 0 Å². The fraction of sp³-hybridized carbons (Fsp3) is 0.714. The number of imide groups is 1. The minimum atomic E-state index is -0.260. The molecular weight excluding hydrogens is 144 g/mol. The number of carbonyl (C=O) groups excluding carboxylic acids is 2. The summed E-state index contributed by atoms with van der Waals surface area (Å²) in [4.78, 5) is 23.2. The minimum absolute atomic E-state index is 0.154. The van der Waals surface area contributed by atoms with Crippen molar-refractivity contribution in [1.29, 1.82) is 0 Å². The fourth-order valence-corrected chi connectivity index (χ4v) is 1.03. The highest BCUT2D eigenvalue weighted by Gasteiger charge is 2.29. The molecule has 4 nitrogen and oxygen atoms in total. The maximum atomic E-state index is 11.0. The van der Waals surface area contributed by atoms with Gasteiger partial charge in [0.1, 0.15) is 6.54 Å². The molecule has 1 N–H and O–H groups in total. The molecule has 0 aliphatic carbocycles. The van der Waals surface area contributed by atoms with E-state index in [9.17, 15) is 9.59 Å². The van der Waals surface area contributed by atoms with Gasteiger partial charge in [0, 0.05) is 6.04 Å². The van der Waals surface area contributed by atoms with Gasteiger partial charge < -0.3 is 4.90 Å². The number of nitrogens with one attached hydrogen (secondary N) is 1. The molecule has 0 radical (unpaired) electrons. The molecule has 0 bridgehead atoms. The van der Waals surface area contributed by atoms with Gasteiger partial charge in [-0.15, -0.1) is 0 Å². The smallest absolute Gasteiger partial charge is 0.312 e. The van der Waals surface area contributed by atoms with E-state index in [1.54, 1.807) is 4.90 Å². The molecule has 1 atom stereocenters. The zero-order valence-electron chi connectivity index (χ0n) is 6.76. The van der Waals surface area contributed by atoms with Crippen molar-refractivity contribution in [2.24, 2.45) is 0 Å². The van der Waals surface area contributed by atoms with Crippen molar-refractivity contribution < 1.29 is 9.59 Å². The number of carbonyl (C=O) groups is 2. The number of hydrogen-bond acceptors (Lipinski definition) is 2. The maximum absolute atomic E-state index is 11.0. The normalized spacial score (nSPS) is 20.4. The van der Waals surface area contributed by atoms with Crippen LogP contribution in [0.15, 0.2) is 0 Å². The van der Waals surface area contributed by atoms with Gasteiger partial charge in [-0.3, -0.25) is 10.1 Å². The van der Waals surface area contributed by atoms with Crippen molar-refractivity contribution in [2.75, 3.05) is 6.54 Å². The van der Waals surface area contributed by atoms with Crippen LogP contribution in [-0.2, 0) is 4.79 Å². The highest BCUT2D eigenvalue weighted by Crippen LogP contribution is 2.06. The van der Waals surface area contributed by atoms with E-state index < -0.39 is 0 Å². The zero-order chi connectivity index (χ0) is 8.43. The Hall–Kier alpha value is -1.06. The van der Waals surface area contributed by atoms with Crippen LogP contribution in [0.25, 0.3) is 0 Å². The first kappa shape index (κ1) is 8.04. The van der Waals surface area contributed by atoms with Gasteiger partial charge in [-0.2, -0.15) is 0 Å². The summed E-state index contributed by atoms with van der Waals surface area (Å²) in [5, 5.41) is 2.23. The third kappa shape index (κ3) is 1.50. The maximum Gasteiger partial charge on any atom is 0.324 e. The van der Waals surface area contributed by atoms with E-state index >= 15 is 0 Å². The van der Waals surface area contributed by atoms with Gasteiger partial charge in [-0.25, -0.2) is 4.79 Å². The summed E-state index contributed by atoms with van der Waals surface area (Å²) in [5.41, 5.74) is 0. The molecule has 0 saturated carbocycles. The summed E-state index contributed by atoms with van der Waals surface area (Å²) in [6, 6.07) is -0.106. The second kappa shape index (κ2) is 2.90. The molecule has 4 heteroatoms. The number of hydrogen-bond donors (Lipinski definition) is 1. The van der Waals surface area contributed by atoms with Crippen LogP contribution in [0, 0.1) is 0 Å². The van der Waals surface area contributed by atoms with Crippen molar-refractivity contribution in [1.82, 2.24) is 10.2 Å². The van der Waals surface area contributed by atoms with E-state index in [2.05, 4.69) is 5.32 Å². The third-order valence-electron chi connectivity index (χ3n) is 1.94. The second-order valence-electron chi connectivity index (χ2n) is 2.74. The highest BCUT2D eigenvalue weighted by molar-refractivity contribution is 6.02. The summed E-state index contributed by atoms with van der Waals surface area (Å²) in [6.45, 7) is 4.13. The monoisotopic (exact) mass is 156 g/mol. The molecule has 1 saturated heterocycles. The molecule has 0 aromatic heterocycles. The molecule has 0 aromatic carbocycles. The van der Waals surface area contributed by atoms with E-state index in [1.165, 1.54) is 0 Å². The Bertz CT molecular complexity index is 191. The Morgan fingerprint density at radius 3 is 2.64 bits per heavy atom. The second-order valence-corrected chi connectivity index (χ2v) is 2.74. The van der Waals surface area contributed by atoms with E-state index in [1.807, 2.05) is 13.8 Å². The SMILES string of the molecule is CC[C@H](C)N1CC(=O)NC1=O. The molecule has 0 unspecified atom stereocenters. The van der Waals surface area contributed by atoms with Crippen molar-refractivity contribution in [2.45, 2.75) is 26.3 Å². The zero-order valence-corrected chi connectivity index (χ0v) is 6.76. The Balaban J connectivity index is 2.59. The van der Waals surface area contributed by atoms with Crippen LogP contribution in [0.5, 0.6) is 0 Å². The first-order valence-corrected chi connectivity index (χ1v) is 3.75. The molecule has 1 aliphatic heterocycles. The van der Waals surface area contributed by atoms with Gasteiger partial charge >= 0.3 is 6.03 Å². The first-order chi connectivity index (χ1) is 5.15. The largest absolute Gasteiger partial charge is 0.324 e. The lowest BCUT2D eigenvalue weighted by Gasteiger charge is -2.19. The molecule has 3 amide bonds. The predicted molar refractivity (Wildman–Crippen MR) is 40.0 cm³/mol. The highest BCUT2D eigenvalue weighted by atomic mass is 16.2. The van der Waals surface area contributed by atoms with E-state index in [0.29, 0.717) is 0 Å². The van der Waals surface area contributed by atoms with Crippen LogP contribution in [0.4, 0.5) is 4.79 Å². The van der Waals surface area contributed by atoms with Crippen LogP contribution in [0.1, 0.15) is 20.3 Å². The van der Waals surface area contributed by atoms with Crippen molar-refractivity contribution in [3.8, 4) is 0 Å². The topological polar surface area (TPSA) is 49.4 Å². The lowest BCUT2D eigenvalue weighted by atomic mass is 10.2. The molecule has 1 fully saturated rings. The van der Waals surface area contributed by atoms with Gasteiger partial charge in [0.15, 0.2) is 0 Å². The van der Waals surface area contributed by atoms with Crippen LogP contribution in [0.2, 0.25) is 0 Å². The van der Waals surface area contributed by atoms with Gasteiger partial charge in [0.05, 0.1) is 0 Å². The van der Waals surface area contributed by atoms with E-state index in [0.717, 1.165) is 6.42 Å². The molecule has 62 valence electrons. The first-order valence-electron chi connectivity index (χ1n) is 3.75. The summed E-state index contributed by atoms with van der Waals surface area (Å²) in [5.74, 6) is -0.199. The third-order valence-corrected chi connectivity index (χ3v) is 1.94. The molecule has 1 aliphatic rings. The molecular formula is C7H12N2O2. The average molecular weight is 156 g/mol. The number of nitrogens with zero attached hydrogens (tertiary/aromatic N) is 1. The summed E-state index contributed by atoms with van der Waals surface area (Å²) in [6.07, 6.45) is 0.876. The Morgan fingerprint density at radius 1 is 1.64 bits per heavy atom. The van der Waals surface area contributed by atoms with E-state index in [-0.39, 0.29) is 24.5 Å². The lowest BCUT2D eigenvalue weighted by Crippen LogP contribution is -2.35. The predicted octanol–water partition coefficient (Wildman–Crippen LogP) is 0.337. The fourth-order valence-electron chi connectivity index (χ4n) is 1.03. The van der Waals surface area contributed by atoms with Gasteiger partial charge in [0.2, 0.25) is 5.91 Å². The van der Waals surface area contributed by atoms with Crippen molar-refractivity contribution in [3.63, 3.8) is 0 Å². The lowest BCUT2D eigenvalue weighted by molar-refractivity contribution is -0.118. The quantitative estimate of drug-likeness (QED) is 0.586. The average Bonchev–Trinajstić information content (AvgIpc) is 2.28. The summed E-state index contributed by atoms with van der Waals surface area (Å²) >= 11 is 0. The van der Waals surface area contributed by atoms with Crippen molar-refractivity contribution in [3.05, 3.63) is 0 Å². The van der Waals surface area contributed by atoms with Crippen LogP contribution in [-0.4, -0.2) is 29.4 Å². The Kier molecular flexibility index (Phi) is 2.12. The van der Waals surface area contributed by atoms with Gasteiger partial charge in [-0.1, -0.05) is 6.92 Å². The van der Waals surface area contributed by atoms with Gasteiger partial charge in [-0.05, 0) is 13.3 Å². The Labute approximate surface area is 65.6 Å². The molecule has 0 spiro atoms. The Morgan fingerprint density at radius 2 is 2.27 bits per heavy atom. The minimum Gasteiger partial charge on any atom is -0.312 e.